The van der Waals surface area contributed by atoms with E-state index in [9.17, 15) is 18.0 Å². The number of urea groups is 1. The summed E-state index contributed by atoms with van der Waals surface area (Å²) in [5.41, 5.74) is 3.96. The molecule has 0 spiro atoms. The van der Waals surface area contributed by atoms with Gasteiger partial charge < -0.3 is 10.1 Å². The van der Waals surface area contributed by atoms with Crippen molar-refractivity contribution in [2.24, 2.45) is 0 Å². The molecule has 2 amide bonds. The SMILES string of the molecule is CCc1ccccc1-c1nonc1NC(=O)Nc1ccc(-c2ncn(-c3ccc(OC(F)(F)F)cc3)n2)cc1. The van der Waals surface area contributed by atoms with E-state index in [1.807, 2.05) is 31.2 Å². The number of nitrogens with one attached hydrogen (secondary N) is 2. The molecule has 0 aliphatic carbocycles. The molecule has 198 valence electrons. The predicted molar refractivity (Wildman–Crippen MR) is 135 cm³/mol. The number of anilines is 2. The molecular weight excluding hydrogens is 515 g/mol. The Bertz CT molecular complexity index is 1580. The maximum atomic E-state index is 12.6. The van der Waals surface area contributed by atoms with Crippen LogP contribution >= 0.6 is 0 Å². The first-order chi connectivity index (χ1) is 18.8. The largest absolute Gasteiger partial charge is 0.573 e. The molecule has 0 unspecified atom stereocenters. The van der Waals surface area contributed by atoms with E-state index in [1.54, 1.807) is 24.3 Å². The average Bonchev–Trinajstić information content (AvgIpc) is 3.59. The molecule has 0 aliphatic heterocycles. The molecule has 0 aliphatic rings. The highest BCUT2D eigenvalue weighted by Gasteiger charge is 2.31. The zero-order valence-electron chi connectivity index (χ0n) is 20.3. The van der Waals surface area contributed by atoms with Gasteiger partial charge in [0.25, 0.3) is 0 Å². The summed E-state index contributed by atoms with van der Waals surface area (Å²) >= 11 is 0. The highest BCUT2D eigenvalue weighted by Crippen LogP contribution is 2.28. The number of nitrogens with zero attached hydrogens (tertiary/aromatic N) is 5. The van der Waals surface area contributed by atoms with Crippen molar-refractivity contribution < 1.29 is 27.3 Å². The van der Waals surface area contributed by atoms with Crippen molar-refractivity contribution in [2.45, 2.75) is 19.7 Å². The van der Waals surface area contributed by atoms with Crippen LogP contribution in [0.2, 0.25) is 0 Å². The van der Waals surface area contributed by atoms with Gasteiger partial charge in [0.2, 0.25) is 5.82 Å². The van der Waals surface area contributed by atoms with Gasteiger partial charge in [0.15, 0.2) is 11.5 Å². The summed E-state index contributed by atoms with van der Waals surface area (Å²) in [4.78, 5) is 16.9. The Labute approximate surface area is 219 Å². The number of benzene rings is 3. The predicted octanol–water partition coefficient (Wildman–Crippen LogP) is 6.09. The normalized spacial score (nSPS) is 11.3. The topological polar surface area (TPSA) is 120 Å². The smallest absolute Gasteiger partial charge is 0.406 e. The number of aryl methyl sites for hydroxylation is 1. The second-order valence-electron chi connectivity index (χ2n) is 8.18. The van der Waals surface area contributed by atoms with E-state index < -0.39 is 12.4 Å². The number of carbonyl (C=O) groups is 1. The molecule has 0 bridgehead atoms. The lowest BCUT2D eigenvalue weighted by atomic mass is 10.0. The van der Waals surface area contributed by atoms with E-state index in [0.29, 0.717) is 28.5 Å². The van der Waals surface area contributed by atoms with Crippen LogP contribution in [-0.4, -0.2) is 37.5 Å². The van der Waals surface area contributed by atoms with Crippen LogP contribution in [0, 0.1) is 0 Å². The van der Waals surface area contributed by atoms with Crippen LogP contribution in [0.5, 0.6) is 5.75 Å². The third-order valence-corrected chi connectivity index (χ3v) is 5.60. The fourth-order valence-electron chi connectivity index (χ4n) is 3.80. The van der Waals surface area contributed by atoms with Gasteiger partial charge in [-0.1, -0.05) is 31.2 Å². The second kappa shape index (κ2) is 10.7. The molecule has 0 radical (unpaired) electrons. The van der Waals surface area contributed by atoms with Gasteiger partial charge in [0.1, 0.15) is 12.1 Å². The molecule has 2 aromatic heterocycles. The number of carbonyl (C=O) groups excluding carboxylic acids is 1. The lowest BCUT2D eigenvalue weighted by Gasteiger charge is -2.09. The van der Waals surface area contributed by atoms with E-state index in [4.69, 9.17) is 4.63 Å². The summed E-state index contributed by atoms with van der Waals surface area (Å²) in [5, 5.41) is 17.5. The van der Waals surface area contributed by atoms with Crippen LogP contribution in [-0.2, 0) is 6.42 Å². The minimum atomic E-state index is -4.76. The van der Waals surface area contributed by atoms with E-state index >= 15 is 0 Å². The number of hydrogen-bond acceptors (Lipinski definition) is 7. The van der Waals surface area contributed by atoms with Crippen molar-refractivity contribution in [3.05, 3.63) is 84.7 Å². The molecule has 10 nitrogen and oxygen atoms in total. The minimum Gasteiger partial charge on any atom is -0.406 e. The van der Waals surface area contributed by atoms with Crippen molar-refractivity contribution in [3.8, 4) is 34.1 Å². The highest BCUT2D eigenvalue weighted by atomic mass is 19.4. The van der Waals surface area contributed by atoms with Gasteiger partial charge in [0.05, 0.1) is 5.69 Å². The number of ether oxygens (including phenoxy) is 1. The van der Waals surface area contributed by atoms with Crippen LogP contribution in [0.3, 0.4) is 0 Å². The van der Waals surface area contributed by atoms with Gasteiger partial charge >= 0.3 is 12.4 Å². The summed E-state index contributed by atoms with van der Waals surface area (Å²) in [6.07, 6.45) is -2.55. The molecule has 5 aromatic rings. The number of halogens is 3. The van der Waals surface area contributed by atoms with Gasteiger partial charge in [-0.25, -0.2) is 19.1 Å². The Kier molecular flexibility index (Phi) is 6.95. The molecule has 0 fully saturated rings. The lowest BCUT2D eigenvalue weighted by Crippen LogP contribution is -2.20. The quantitative estimate of drug-likeness (QED) is 0.259. The Hall–Kier alpha value is -5.20. The summed E-state index contributed by atoms with van der Waals surface area (Å²) in [5.74, 6) is 0.243. The molecule has 13 heteroatoms. The van der Waals surface area contributed by atoms with Gasteiger partial charge in [-0.15, -0.1) is 18.3 Å². The first-order valence-electron chi connectivity index (χ1n) is 11.7. The van der Waals surface area contributed by atoms with Crippen molar-refractivity contribution in [3.63, 3.8) is 0 Å². The maximum Gasteiger partial charge on any atom is 0.573 e. The van der Waals surface area contributed by atoms with Crippen molar-refractivity contribution in [1.82, 2.24) is 25.1 Å². The van der Waals surface area contributed by atoms with E-state index in [0.717, 1.165) is 17.5 Å². The van der Waals surface area contributed by atoms with Crippen molar-refractivity contribution in [2.75, 3.05) is 10.6 Å². The molecule has 0 saturated carbocycles. The number of aromatic nitrogens is 5. The van der Waals surface area contributed by atoms with Crippen molar-refractivity contribution in [1.29, 1.82) is 0 Å². The molecule has 3 aromatic carbocycles. The lowest BCUT2D eigenvalue weighted by molar-refractivity contribution is -0.274. The zero-order chi connectivity index (χ0) is 27.4. The second-order valence-corrected chi connectivity index (χ2v) is 8.18. The van der Waals surface area contributed by atoms with E-state index in [1.165, 1.54) is 35.3 Å². The summed E-state index contributed by atoms with van der Waals surface area (Å²) < 4.78 is 47.2. The van der Waals surface area contributed by atoms with Crippen LogP contribution in [0.1, 0.15) is 12.5 Å². The number of hydrogen-bond donors (Lipinski definition) is 2. The Balaban J connectivity index is 1.23. The van der Waals surface area contributed by atoms with Crippen LogP contribution in [0.4, 0.5) is 29.5 Å². The first-order valence-corrected chi connectivity index (χ1v) is 11.7. The van der Waals surface area contributed by atoms with Crippen LogP contribution in [0.25, 0.3) is 28.3 Å². The number of amides is 2. The summed E-state index contributed by atoms with van der Waals surface area (Å²) in [6, 6.07) is 19.1. The molecule has 2 N–H and O–H groups in total. The minimum absolute atomic E-state index is 0.192. The molecular formula is C26H20F3N7O3. The van der Waals surface area contributed by atoms with Crippen LogP contribution < -0.4 is 15.4 Å². The third kappa shape index (κ3) is 6.04. The van der Waals surface area contributed by atoms with Gasteiger partial charge in [-0.3, -0.25) is 5.32 Å². The molecule has 5 rings (SSSR count). The fourth-order valence-corrected chi connectivity index (χ4v) is 3.80. The van der Waals surface area contributed by atoms with E-state index in [2.05, 4.69) is 35.8 Å². The summed E-state index contributed by atoms with van der Waals surface area (Å²) in [7, 11) is 0. The number of rotatable bonds is 7. The fraction of sp³-hybridized carbons (Fsp3) is 0.115. The van der Waals surface area contributed by atoms with Gasteiger partial charge in [-0.2, -0.15) is 0 Å². The monoisotopic (exact) mass is 535 g/mol. The standard InChI is InChI=1S/C26H20F3N7O3/c1-2-16-5-3-4-6-21(16)22-24(35-39-34-22)32-25(37)31-18-9-7-17(8-10-18)23-30-15-36(33-23)19-11-13-20(14-12-19)38-26(27,28)29/h3-15H,2H2,1H3,(H2,31,32,35,37). The number of alkyl halides is 3. The third-order valence-electron chi connectivity index (χ3n) is 5.60. The average molecular weight is 535 g/mol. The van der Waals surface area contributed by atoms with Crippen LogP contribution in [0.15, 0.2) is 83.8 Å². The molecule has 2 heterocycles. The zero-order valence-corrected chi connectivity index (χ0v) is 20.3. The van der Waals surface area contributed by atoms with Gasteiger partial charge in [-0.05, 0) is 70.8 Å². The Morgan fingerprint density at radius 3 is 2.44 bits per heavy atom. The Morgan fingerprint density at radius 2 is 1.72 bits per heavy atom. The molecule has 0 atom stereocenters. The summed E-state index contributed by atoms with van der Waals surface area (Å²) in [6.45, 7) is 2.02. The maximum absolute atomic E-state index is 12.6. The molecule has 0 saturated heterocycles. The highest BCUT2D eigenvalue weighted by molar-refractivity contribution is 6.01. The van der Waals surface area contributed by atoms with Gasteiger partial charge in [0, 0.05) is 16.8 Å². The first kappa shape index (κ1) is 25.4. The van der Waals surface area contributed by atoms with E-state index in [-0.39, 0.29) is 11.6 Å². The molecule has 39 heavy (non-hydrogen) atoms. The van der Waals surface area contributed by atoms with Crippen molar-refractivity contribution >= 4 is 17.5 Å². The Morgan fingerprint density at radius 1 is 0.974 bits per heavy atom.